The van der Waals surface area contributed by atoms with E-state index in [0.717, 1.165) is 43.1 Å². The molecule has 6 heteroatoms. The van der Waals surface area contributed by atoms with Crippen LogP contribution in [0.2, 0.25) is 0 Å². The van der Waals surface area contributed by atoms with Gasteiger partial charge in [0.2, 0.25) is 0 Å². The summed E-state index contributed by atoms with van der Waals surface area (Å²) < 4.78 is 0. The molecule has 1 aromatic rings. The SMILES string of the molecule is CCCCN=C(N)NCCc1csc(C)n1.I. The summed E-state index contributed by atoms with van der Waals surface area (Å²) in [4.78, 5) is 8.60. The number of thiazole rings is 1. The van der Waals surface area contributed by atoms with Crippen LogP contribution in [-0.2, 0) is 6.42 Å². The lowest BCUT2D eigenvalue weighted by Crippen LogP contribution is -2.33. The van der Waals surface area contributed by atoms with Crippen LogP contribution in [0.5, 0.6) is 0 Å². The summed E-state index contributed by atoms with van der Waals surface area (Å²) in [5, 5.41) is 6.29. The van der Waals surface area contributed by atoms with E-state index < -0.39 is 0 Å². The van der Waals surface area contributed by atoms with Gasteiger partial charge in [-0.05, 0) is 13.3 Å². The second kappa shape index (κ2) is 9.64. The number of rotatable bonds is 6. The Balaban J connectivity index is 0.00000256. The summed E-state index contributed by atoms with van der Waals surface area (Å²) in [6.07, 6.45) is 3.14. The molecule has 0 atom stereocenters. The molecule has 0 saturated heterocycles. The summed E-state index contributed by atoms with van der Waals surface area (Å²) >= 11 is 1.68. The molecule has 0 bridgehead atoms. The molecule has 0 aliphatic heterocycles. The van der Waals surface area contributed by atoms with Gasteiger partial charge in [-0.15, -0.1) is 35.3 Å². The van der Waals surface area contributed by atoms with Crippen LogP contribution >= 0.6 is 35.3 Å². The van der Waals surface area contributed by atoms with Gasteiger partial charge in [0.15, 0.2) is 5.96 Å². The standard InChI is InChI=1S/C11H20N4S.HI/c1-3-4-6-13-11(12)14-7-5-10-8-16-9(2)15-10;/h8H,3-7H2,1-2H3,(H3,12,13,14);1H. The first kappa shape index (κ1) is 16.6. The first-order valence-corrected chi connectivity index (χ1v) is 6.55. The zero-order valence-corrected chi connectivity index (χ0v) is 13.5. The lowest BCUT2D eigenvalue weighted by molar-refractivity contribution is 0.788. The number of nitrogens with zero attached hydrogens (tertiary/aromatic N) is 2. The molecule has 1 heterocycles. The largest absolute Gasteiger partial charge is 0.370 e. The average molecular weight is 368 g/mol. The molecule has 0 amide bonds. The number of aromatic nitrogens is 1. The number of guanidine groups is 1. The van der Waals surface area contributed by atoms with Crippen molar-refractivity contribution >= 4 is 41.3 Å². The van der Waals surface area contributed by atoms with Crippen LogP contribution < -0.4 is 11.1 Å². The van der Waals surface area contributed by atoms with Gasteiger partial charge in [-0.1, -0.05) is 13.3 Å². The van der Waals surface area contributed by atoms with Gasteiger partial charge in [0.25, 0.3) is 0 Å². The third kappa shape index (κ3) is 7.54. The van der Waals surface area contributed by atoms with Crippen molar-refractivity contribution in [3.05, 3.63) is 16.1 Å². The summed E-state index contributed by atoms with van der Waals surface area (Å²) in [6.45, 7) is 5.77. The van der Waals surface area contributed by atoms with Crippen LogP contribution in [0.4, 0.5) is 0 Å². The highest BCUT2D eigenvalue weighted by Gasteiger charge is 1.98. The maximum absolute atomic E-state index is 5.70. The maximum atomic E-state index is 5.70. The number of nitrogens with two attached hydrogens (primary N) is 1. The zero-order valence-electron chi connectivity index (χ0n) is 10.4. The topological polar surface area (TPSA) is 63.3 Å². The van der Waals surface area contributed by atoms with Gasteiger partial charge in [0.1, 0.15) is 0 Å². The Morgan fingerprint density at radius 3 is 2.94 bits per heavy atom. The number of nitrogens with one attached hydrogen (secondary N) is 1. The van der Waals surface area contributed by atoms with Gasteiger partial charge >= 0.3 is 0 Å². The molecule has 0 aliphatic rings. The number of halogens is 1. The minimum Gasteiger partial charge on any atom is -0.370 e. The van der Waals surface area contributed by atoms with Crippen LogP contribution in [-0.4, -0.2) is 24.0 Å². The van der Waals surface area contributed by atoms with Crippen molar-refractivity contribution in [3.63, 3.8) is 0 Å². The molecular weight excluding hydrogens is 347 g/mol. The van der Waals surface area contributed by atoms with E-state index in [-0.39, 0.29) is 24.0 Å². The zero-order chi connectivity index (χ0) is 11.8. The van der Waals surface area contributed by atoms with Gasteiger partial charge in [0, 0.05) is 24.9 Å². The Labute approximate surface area is 124 Å². The fraction of sp³-hybridized carbons (Fsp3) is 0.636. The third-order valence-corrected chi connectivity index (χ3v) is 2.97. The van der Waals surface area contributed by atoms with Crippen LogP contribution in [0.25, 0.3) is 0 Å². The van der Waals surface area contributed by atoms with E-state index in [4.69, 9.17) is 5.73 Å². The van der Waals surface area contributed by atoms with Crippen molar-refractivity contribution in [2.45, 2.75) is 33.1 Å². The molecule has 17 heavy (non-hydrogen) atoms. The molecule has 0 aromatic carbocycles. The molecule has 0 spiro atoms. The fourth-order valence-corrected chi connectivity index (χ4v) is 1.90. The molecule has 0 saturated carbocycles. The molecule has 4 nitrogen and oxygen atoms in total. The lowest BCUT2D eigenvalue weighted by Gasteiger charge is -2.03. The van der Waals surface area contributed by atoms with Crippen molar-refractivity contribution in [1.29, 1.82) is 0 Å². The van der Waals surface area contributed by atoms with E-state index in [2.05, 4.69) is 27.6 Å². The monoisotopic (exact) mass is 368 g/mol. The number of unbranched alkanes of at least 4 members (excludes halogenated alkanes) is 1. The van der Waals surface area contributed by atoms with Gasteiger partial charge in [-0.3, -0.25) is 4.99 Å². The summed E-state index contributed by atoms with van der Waals surface area (Å²) in [5.74, 6) is 0.542. The second-order valence-corrected chi connectivity index (χ2v) is 4.72. The van der Waals surface area contributed by atoms with Gasteiger partial charge in [-0.25, -0.2) is 4.98 Å². The lowest BCUT2D eigenvalue weighted by atomic mass is 10.3. The Morgan fingerprint density at radius 2 is 2.35 bits per heavy atom. The van der Waals surface area contributed by atoms with E-state index in [1.165, 1.54) is 0 Å². The minimum absolute atomic E-state index is 0. The Bertz CT molecular complexity index is 338. The molecule has 0 fully saturated rings. The highest BCUT2D eigenvalue weighted by atomic mass is 127. The molecule has 3 N–H and O–H groups in total. The smallest absolute Gasteiger partial charge is 0.188 e. The number of aryl methyl sites for hydroxylation is 1. The second-order valence-electron chi connectivity index (χ2n) is 3.66. The molecule has 0 radical (unpaired) electrons. The first-order chi connectivity index (χ1) is 7.72. The van der Waals surface area contributed by atoms with E-state index in [0.29, 0.717) is 5.96 Å². The Morgan fingerprint density at radius 1 is 1.59 bits per heavy atom. The molecule has 1 rings (SSSR count). The Kier molecular flexibility index (Phi) is 9.43. The van der Waals surface area contributed by atoms with E-state index in [1.54, 1.807) is 11.3 Å². The van der Waals surface area contributed by atoms with Crippen molar-refractivity contribution in [2.24, 2.45) is 10.7 Å². The number of aliphatic imine (C=N–C) groups is 1. The van der Waals surface area contributed by atoms with E-state index >= 15 is 0 Å². The van der Waals surface area contributed by atoms with Crippen molar-refractivity contribution in [3.8, 4) is 0 Å². The van der Waals surface area contributed by atoms with Gasteiger partial charge < -0.3 is 11.1 Å². The highest BCUT2D eigenvalue weighted by Crippen LogP contribution is 2.07. The Hall–Kier alpha value is -0.370. The maximum Gasteiger partial charge on any atom is 0.188 e. The number of hydrogen-bond donors (Lipinski definition) is 2. The van der Waals surface area contributed by atoms with Crippen molar-refractivity contribution in [2.75, 3.05) is 13.1 Å². The molecule has 0 aliphatic carbocycles. The average Bonchev–Trinajstić information content (AvgIpc) is 2.65. The van der Waals surface area contributed by atoms with Gasteiger partial charge in [0.05, 0.1) is 10.7 Å². The van der Waals surface area contributed by atoms with Crippen LogP contribution in [0.15, 0.2) is 10.4 Å². The van der Waals surface area contributed by atoms with Gasteiger partial charge in [-0.2, -0.15) is 0 Å². The normalized spacial score (nSPS) is 11.1. The molecule has 0 unspecified atom stereocenters. The summed E-state index contributed by atoms with van der Waals surface area (Å²) in [6, 6.07) is 0. The quantitative estimate of drug-likeness (QED) is 0.351. The summed E-state index contributed by atoms with van der Waals surface area (Å²) in [5.41, 5.74) is 6.83. The summed E-state index contributed by atoms with van der Waals surface area (Å²) in [7, 11) is 0. The van der Waals surface area contributed by atoms with Crippen molar-refractivity contribution < 1.29 is 0 Å². The van der Waals surface area contributed by atoms with Crippen LogP contribution in [0.1, 0.15) is 30.5 Å². The molecule has 98 valence electrons. The highest BCUT2D eigenvalue weighted by molar-refractivity contribution is 14.0. The van der Waals surface area contributed by atoms with Crippen molar-refractivity contribution in [1.82, 2.24) is 10.3 Å². The first-order valence-electron chi connectivity index (χ1n) is 5.67. The molecular formula is C11H21IN4S. The minimum atomic E-state index is 0. The van der Waals surface area contributed by atoms with Crippen LogP contribution in [0.3, 0.4) is 0 Å². The number of hydrogen-bond acceptors (Lipinski definition) is 3. The third-order valence-electron chi connectivity index (χ3n) is 2.15. The molecule has 1 aromatic heterocycles. The van der Waals surface area contributed by atoms with E-state index in [9.17, 15) is 0 Å². The predicted octanol–water partition coefficient (Wildman–Crippen LogP) is 2.32. The fourth-order valence-electron chi connectivity index (χ4n) is 1.26. The van der Waals surface area contributed by atoms with E-state index in [1.807, 2.05) is 6.92 Å². The predicted molar refractivity (Wildman–Crippen MR) is 85.4 cm³/mol. The van der Waals surface area contributed by atoms with Crippen LogP contribution in [0, 0.1) is 6.92 Å².